The normalized spacial score (nSPS) is 16.8. The Morgan fingerprint density at radius 3 is 2.12 bits per heavy atom. The standard InChI is InChI=1S/C37H22N3O/c41-37-28-21-19-25-23-12-4-6-14-29(23)38(22-10-2-1-3-11-22)34(25)33(28)27-20-18-26-24-13-5-7-15-30(24)39-31-16-8-9-17-32(31)40(37)36(27)35(26)39/h1-21,31H/q+1. The molecule has 1 atom stereocenters. The maximum Gasteiger partial charge on any atom is 0.426 e. The third-order valence-corrected chi connectivity index (χ3v) is 9.13. The van der Waals surface area contributed by atoms with E-state index in [1.165, 1.54) is 21.7 Å². The zero-order valence-electron chi connectivity index (χ0n) is 22.0. The predicted octanol–water partition coefficient (Wildman–Crippen LogP) is 8.48. The molecule has 41 heavy (non-hydrogen) atoms. The fourth-order valence-corrected chi connectivity index (χ4v) is 7.56. The van der Waals surface area contributed by atoms with Crippen molar-refractivity contribution >= 4 is 60.9 Å². The van der Waals surface area contributed by atoms with Crippen LogP contribution in [0, 0.1) is 0 Å². The van der Waals surface area contributed by atoms with Crippen molar-refractivity contribution in [1.82, 2.24) is 9.13 Å². The third-order valence-electron chi connectivity index (χ3n) is 9.13. The largest absolute Gasteiger partial charge is 0.426 e. The van der Waals surface area contributed by atoms with Crippen LogP contribution in [0.15, 0.2) is 127 Å². The van der Waals surface area contributed by atoms with Gasteiger partial charge in [0, 0.05) is 38.9 Å². The van der Waals surface area contributed by atoms with Gasteiger partial charge in [0.15, 0.2) is 0 Å². The molecular weight excluding hydrogens is 502 g/mol. The van der Waals surface area contributed by atoms with Crippen molar-refractivity contribution in [3.63, 3.8) is 0 Å². The molecule has 3 aliphatic rings. The molecule has 0 spiro atoms. The van der Waals surface area contributed by atoms with E-state index >= 15 is 0 Å². The number of carbonyl (C=O) groups excluding carboxylic acids is 1. The lowest BCUT2D eigenvalue weighted by Crippen LogP contribution is -2.36. The highest BCUT2D eigenvalue weighted by molar-refractivity contribution is 6.25. The number of para-hydroxylation sites is 3. The maximum atomic E-state index is 14.7. The summed E-state index contributed by atoms with van der Waals surface area (Å²) < 4.78 is 6.76. The van der Waals surface area contributed by atoms with Crippen LogP contribution >= 0.6 is 0 Å². The van der Waals surface area contributed by atoms with Crippen molar-refractivity contribution in [2.75, 3.05) is 0 Å². The fraction of sp³-hybridized carbons (Fsp3) is 0.0270. The van der Waals surface area contributed by atoms with Crippen molar-refractivity contribution in [2.45, 2.75) is 6.04 Å². The summed E-state index contributed by atoms with van der Waals surface area (Å²) in [5.74, 6) is 0.0308. The van der Waals surface area contributed by atoms with Gasteiger partial charge in [-0.3, -0.25) is 0 Å². The van der Waals surface area contributed by atoms with Crippen molar-refractivity contribution in [3.8, 4) is 16.8 Å². The Labute approximate surface area is 235 Å². The second-order valence-corrected chi connectivity index (χ2v) is 11.1. The number of nitrogens with zero attached hydrogens (tertiary/aromatic N) is 3. The number of carbonyl (C=O) groups is 1. The average Bonchev–Trinajstić information content (AvgIpc) is 3.55. The topological polar surface area (TPSA) is 29.9 Å². The second kappa shape index (κ2) is 7.38. The van der Waals surface area contributed by atoms with Gasteiger partial charge < -0.3 is 9.13 Å². The summed E-state index contributed by atoms with van der Waals surface area (Å²) in [6.07, 6.45) is 8.44. The van der Waals surface area contributed by atoms with Gasteiger partial charge in [0.1, 0.15) is 17.1 Å². The number of benzene rings is 5. The van der Waals surface area contributed by atoms with Crippen molar-refractivity contribution in [3.05, 3.63) is 133 Å². The summed E-state index contributed by atoms with van der Waals surface area (Å²) in [6, 6.07) is 36.3. The molecule has 1 amide bonds. The predicted molar refractivity (Wildman–Crippen MR) is 166 cm³/mol. The van der Waals surface area contributed by atoms with Crippen LogP contribution in [0.3, 0.4) is 0 Å². The summed E-state index contributed by atoms with van der Waals surface area (Å²) in [4.78, 5) is 14.7. The summed E-state index contributed by atoms with van der Waals surface area (Å²) in [5.41, 5.74) is 10.4. The van der Waals surface area contributed by atoms with Crippen LogP contribution in [0.25, 0.3) is 60.4 Å². The van der Waals surface area contributed by atoms with Gasteiger partial charge in [0.25, 0.3) is 0 Å². The van der Waals surface area contributed by atoms with Gasteiger partial charge in [0.05, 0.1) is 22.1 Å². The minimum atomic E-state index is -0.0462. The van der Waals surface area contributed by atoms with Crippen LogP contribution in [0.4, 0.5) is 5.69 Å². The first-order valence-electron chi connectivity index (χ1n) is 14.0. The smallest absolute Gasteiger partial charge is 0.318 e. The molecule has 4 heteroatoms. The van der Waals surface area contributed by atoms with Gasteiger partial charge in [-0.25, -0.2) is 4.79 Å². The number of aromatic nitrogens is 2. The molecule has 2 aromatic heterocycles. The lowest BCUT2D eigenvalue weighted by molar-refractivity contribution is -0.337. The van der Waals surface area contributed by atoms with Gasteiger partial charge in [-0.2, -0.15) is 0 Å². The zero-order valence-corrected chi connectivity index (χ0v) is 22.0. The molecular formula is C37H22N3O+. The number of rotatable bonds is 1. The zero-order chi connectivity index (χ0) is 26.8. The van der Waals surface area contributed by atoms with E-state index in [0.29, 0.717) is 0 Å². The van der Waals surface area contributed by atoms with E-state index in [0.717, 1.165) is 55.7 Å². The molecule has 0 saturated heterocycles. The molecule has 2 aliphatic heterocycles. The van der Waals surface area contributed by atoms with Crippen LogP contribution in [0.2, 0.25) is 0 Å². The lowest BCUT2D eigenvalue weighted by Gasteiger charge is -2.28. The molecule has 4 heterocycles. The van der Waals surface area contributed by atoms with E-state index < -0.39 is 0 Å². The number of hydrogen-bond acceptors (Lipinski definition) is 1. The molecule has 190 valence electrons. The van der Waals surface area contributed by atoms with Crippen molar-refractivity contribution in [1.29, 1.82) is 0 Å². The number of fused-ring (bicyclic) bond motifs is 11. The van der Waals surface area contributed by atoms with E-state index in [9.17, 15) is 4.79 Å². The number of hydrogen-bond donors (Lipinski definition) is 0. The Balaban J connectivity index is 1.45. The molecule has 4 nitrogen and oxygen atoms in total. The summed E-state index contributed by atoms with van der Waals surface area (Å²) in [7, 11) is 0. The number of amides is 1. The van der Waals surface area contributed by atoms with Crippen LogP contribution < -0.4 is 0 Å². The van der Waals surface area contributed by atoms with Crippen LogP contribution in [0.5, 0.6) is 0 Å². The molecule has 7 aromatic rings. The highest BCUT2D eigenvalue weighted by atomic mass is 16.2. The first kappa shape index (κ1) is 21.4. The Kier molecular flexibility index (Phi) is 3.84. The Morgan fingerprint density at radius 2 is 1.29 bits per heavy atom. The number of allylic oxidation sites excluding steroid dienone is 4. The quantitative estimate of drug-likeness (QED) is 0.198. The maximum absolute atomic E-state index is 14.7. The van der Waals surface area contributed by atoms with E-state index in [1.807, 2.05) is 22.8 Å². The molecule has 5 aromatic carbocycles. The SMILES string of the molecule is O=C1c2ccc3c4ccccc4n(-c4ccccc4)c3c2-c2ccc3c4ccccc4n4c3c2[N+]1=C1C=CC=CC14. The van der Waals surface area contributed by atoms with Gasteiger partial charge in [0.2, 0.25) is 11.4 Å². The molecule has 1 unspecified atom stereocenters. The molecule has 1 aliphatic carbocycles. The van der Waals surface area contributed by atoms with Crippen molar-refractivity contribution in [2.24, 2.45) is 0 Å². The minimum Gasteiger partial charge on any atom is -0.318 e. The molecule has 0 saturated carbocycles. The monoisotopic (exact) mass is 524 g/mol. The fourth-order valence-electron chi connectivity index (χ4n) is 7.56. The van der Waals surface area contributed by atoms with E-state index in [-0.39, 0.29) is 11.9 Å². The Bertz CT molecular complexity index is 2430. The van der Waals surface area contributed by atoms with E-state index in [2.05, 4.69) is 118 Å². The molecule has 0 N–H and O–H groups in total. The highest BCUT2D eigenvalue weighted by Gasteiger charge is 2.46. The molecule has 0 bridgehead atoms. The van der Waals surface area contributed by atoms with E-state index in [4.69, 9.17) is 0 Å². The third kappa shape index (κ3) is 2.47. The minimum absolute atomic E-state index is 0.0308. The second-order valence-electron chi connectivity index (χ2n) is 11.1. The van der Waals surface area contributed by atoms with Crippen LogP contribution in [-0.2, 0) is 0 Å². The summed E-state index contributed by atoms with van der Waals surface area (Å²) in [6.45, 7) is 0. The first-order chi connectivity index (χ1) is 20.3. The average molecular weight is 525 g/mol. The lowest BCUT2D eigenvalue weighted by atomic mass is 9.88. The van der Waals surface area contributed by atoms with Gasteiger partial charge in [-0.1, -0.05) is 85.0 Å². The first-order valence-corrected chi connectivity index (χ1v) is 14.0. The summed E-state index contributed by atoms with van der Waals surface area (Å²) in [5, 5.41) is 4.73. The molecule has 10 rings (SSSR count). The molecule has 0 fully saturated rings. The van der Waals surface area contributed by atoms with Crippen LogP contribution in [0.1, 0.15) is 16.4 Å². The summed E-state index contributed by atoms with van der Waals surface area (Å²) >= 11 is 0. The van der Waals surface area contributed by atoms with Crippen LogP contribution in [-0.4, -0.2) is 25.3 Å². The Morgan fingerprint density at radius 1 is 0.610 bits per heavy atom. The van der Waals surface area contributed by atoms with Gasteiger partial charge >= 0.3 is 5.91 Å². The molecule has 0 radical (unpaired) electrons. The van der Waals surface area contributed by atoms with Gasteiger partial charge in [-0.15, -0.1) is 4.58 Å². The Hall–Kier alpha value is -5.48. The highest BCUT2D eigenvalue weighted by Crippen LogP contribution is 2.52. The van der Waals surface area contributed by atoms with E-state index in [1.54, 1.807) is 0 Å². The van der Waals surface area contributed by atoms with Crippen molar-refractivity contribution < 1.29 is 9.37 Å². The van der Waals surface area contributed by atoms with Gasteiger partial charge in [-0.05, 0) is 36.4 Å².